The molecule has 398 valence electrons. The molecule has 0 saturated carbocycles. The number of unbranched alkanes of at least 4 members (excludes halogenated alkanes) is 1. The number of aliphatic carboxylic acids is 1. The molecule has 0 fully saturated rings. The van der Waals surface area contributed by atoms with Crippen molar-refractivity contribution in [3.05, 3.63) is 71.3 Å². The van der Waals surface area contributed by atoms with Crippen molar-refractivity contribution in [3.8, 4) is 17.4 Å². The Labute approximate surface area is 435 Å². The number of primary amides is 1. The maximum absolute atomic E-state index is 12.8. The standard InChI is InChI=1S/C39H35N11O15S5.CH4O3S/c1-18-13-24(27(63-10-5-6-12-69(57,58)59)17-23(18)42-47-38-48-49-39(67-38)66-11-9-30(51)52)43-46-33-28(68-65-64-56)14-20-15-29(70(60,61)62)25(16-21(20)34(33)53)44-45-32-19(2)31(35(40)54)36-41-22-7-3-4-8-26(22)50(36)37(32)55;1-5(2,3)4/h3-4,7-8,13-17,53,55-56H,5-6,9-12H2,1-2H3,(H2,40,54)(H,51,52)(H,57,58,59)(H,60,61,62);1H3,(H,2,3,4). The number of azo groups is 3. The van der Waals surface area contributed by atoms with E-state index in [1.165, 1.54) is 41.3 Å². The number of imidazole rings is 1. The van der Waals surface area contributed by atoms with E-state index in [0.29, 0.717) is 39.2 Å². The number of aromatic nitrogens is 4. The zero-order valence-corrected chi connectivity index (χ0v) is 43.5. The molecular weight excluding hydrogens is 1110 g/mol. The largest absolute Gasteiger partial charge is 0.505 e. The molecule has 29 nitrogen and oxygen atoms in total. The van der Waals surface area contributed by atoms with Crippen molar-refractivity contribution < 1.29 is 83.2 Å². The number of aromatic hydroxyl groups is 2. The number of nitrogens with two attached hydrogens (primary N) is 1. The van der Waals surface area contributed by atoms with Gasteiger partial charge in [0.1, 0.15) is 33.4 Å². The Balaban J connectivity index is 0.00000174. The first kappa shape index (κ1) is 57.4. The number of hydrogen-bond donors (Lipinski definition) is 8. The van der Waals surface area contributed by atoms with Gasteiger partial charge in [0.25, 0.3) is 41.4 Å². The molecule has 3 heterocycles. The molecule has 0 atom stereocenters. The van der Waals surface area contributed by atoms with E-state index in [2.05, 4.69) is 55.2 Å². The molecule has 0 aliphatic carbocycles. The summed E-state index contributed by atoms with van der Waals surface area (Å²) in [7, 11) is -13.0. The SMILES string of the molecule is CS(=O)(=O)O.Cc1cc(N=Nc2c(SOOO)cc3cc(S(=O)(=O)O)c(N=Nc4c(C)c(C(N)=O)c5nc6ccccc6n5c4O)cc3c2O)c(OCCCCS(=O)(=O)O)cc1N=Nc1nnc(SCCC(=O)O)s1. The van der Waals surface area contributed by atoms with Crippen molar-refractivity contribution in [1.29, 1.82) is 0 Å². The first-order chi connectivity index (χ1) is 35.2. The number of rotatable bonds is 21. The molecule has 0 saturated heterocycles. The molecule has 0 bridgehead atoms. The summed E-state index contributed by atoms with van der Waals surface area (Å²) in [5.74, 6) is -3.35. The third-order valence-electron chi connectivity index (χ3n) is 9.77. The number of fused-ring (bicyclic) bond motifs is 4. The average molecular weight is 1150 g/mol. The Morgan fingerprint density at radius 2 is 1.53 bits per heavy atom. The van der Waals surface area contributed by atoms with Gasteiger partial charge >= 0.3 is 5.97 Å². The Bertz CT molecular complexity index is 3790. The van der Waals surface area contributed by atoms with E-state index in [1.807, 2.05) is 0 Å². The number of carbonyl (C=O) groups excluding carboxylic acids is 1. The van der Waals surface area contributed by atoms with Crippen LogP contribution in [0.4, 0.5) is 33.6 Å². The highest BCUT2D eigenvalue weighted by Gasteiger charge is 2.26. The van der Waals surface area contributed by atoms with Gasteiger partial charge in [0.05, 0.1) is 64.3 Å². The molecule has 3 aromatic heterocycles. The zero-order chi connectivity index (χ0) is 55.0. The number of phenolic OH excluding ortho intramolecular Hbond substituents is 1. The Kier molecular flexibility index (Phi) is 18.5. The molecule has 1 amide bonds. The minimum absolute atomic E-state index is 0.0139. The highest BCUT2D eigenvalue weighted by atomic mass is 32.2. The number of carboxylic acids is 1. The summed E-state index contributed by atoms with van der Waals surface area (Å²) in [4.78, 5) is 27.1. The van der Waals surface area contributed by atoms with E-state index in [4.69, 9.17) is 29.9 Å². The third kappa shape index (κ3) is 15.1. The van der Waals surface area contributed by atoms with E-state index in [1.54, 1.807) is 31.2 Å². The number of carbonyl (C=O) groups is 2. The van der Waals surface area contributed by atoms with Crippen molar-refractivity contribution in [2.75, 3.05) is 24.4 Å². The molecule has 0 aliphatic heterocycles. The van der Waals surface area contributed by atoms with Gasteiger partial charge in [0, 0.05) is 17.2 Å². The third-order valence-corrected chi connectivity index (χ3v) is 14.0. The van der Waals surface area contributed by atoms with Gasteiger partial charge in [-0.05, 0) is 79.6 Å². The lowest BCUT2D eigenvalue weighted by Crippen LogP contribution is -2.15. The second kappa shape index (κ2) is 24.2. The van der Waals surface area contributed by atoms with E-state index < -0.39 is 70.2 Å². The van der Waals surface area contributed by atoms with Crippen molar-refractivity contribution in [2.45, 2.75) is 47.2 Å². The summed E-state index contributed by atoms with van der Waals surface area (Å²) < 4.78 is 106. The van der Waals surface area contributed by atoms with Crippen LogP contribution in [0.2, 0.25) is 0 Å². The number of para-hydroxylation sites is 2. The average Bonchev–Trinajstić information content (AvgIpc) is 3.93. The van der Waals surface area contributed by atoms with Crippen LogP contribution in [0.15, 0.2) is 99.4 Å². The number of ether oxygens (including phenoxy) is 1. The second-order valence-electron chi connectivity index (χ2n) is 15.2. The summed E-state index contributed by atoms with van der Waals surface area (Å²) >= 11 is 2.56. The van der Waals surface area contributed by atoms with Crippen LogP contribution in [0.3, 0.4) is 0 Å². The highest BCUT2D eigenvalue weighted by molar-refractivity contribution is 8.01. The van der Waals surface area contributed by atoms with E-state index >= 15 is 0 Å². The molecule has 0 spiro atoms. The van der Waals surface area contributed by atoms with Gasteiger partial charge in [-0.3, -0.25) is 27.6 Å². The number of pyridine rings is 1. The number of benzene rings is 4. The van der Waals surface area contributed by atoms with Gasteiger partial charge in [-0.2, -0.15) is 25.3 Å². The number of amides is 1. The molecule has 0 radical (unpaired) electrons. The van der Waals surface area contributed by atoms with Gasteiger partial charge in [-0.25, -0.2) is 10.2 Å². The number of hydrogen-bond acceptors (Lipinski definition) is 26. The lowest BCUT2D eigenvalue weighted by molar-refractivity contribution is -0.432. The fourth-order valence-electron chi connectivity index (χ4n) is 6.61. The number of nitrogens with zero attached hydrogens (tertiary/aromatic N) is 10. The van der Waals surface area contributed by atoms with Crippen LogP contribution in [0.25, 0.3) is 27.5 Å². The van der Waals surface area contributed by atoms with Gasteiger partial charge in [0.15, 0.2) is 15.7 Å². The fourth-order valence-corrected chi connectivity index (χ4v) is 9.97. The van der Waals surface area contributed by atoms with Crippen molar-refractivity contribution >= 4 is 138 Å². The van der Waals surface area contributed by atoms with Crippen LogP contribution in [0, 0.1) is 13.8 Å². The molecule has 7 aromatic rings. The zero-order valence-electron chi connectivity index (χ0n) is 38.6. The maximum atomic E-state index is 12.8. The second-order valence-corrected chi connectivity index (χ2v) is 22.7. The number of carboxylic acid groups (broad SMARTS) is 1. The summed E-state index contributed by atoms with van der Waals surface area (Å²) in [6, 6.07) is 12.7. The molecule has 4 aromatic carbocycles. The summed E-state index contributed by atoms with van der Waals surface area (Å²) in [6.07, 6.45) is 0.819. The number of thioether (sulfide) groups is 1. The molecular formula is C40H39N11O18S6. The summed E-state index contributed by atoms with van der Waals surface area (Å²) in [5, 5.41) is 77.9. The van der Waals surface area contributed by atoms with Crippen LogP contribution >= 0.6 is 35.1 Å². The minimum atomic E-state index is -5.11. The molecule has 9 N–H and O–H groups in total. The smallest absolute Gasteiger partial charge is 0.304 e. The van der Waals surface area contributed by atoms with E-state index in [-0.39, 0.29) is 97.7 Å². The number of phenols is 1. The Morgan fingerprint density at radius 3 is 2.20 bits per heavy atom. The highest BCUT2D eigenvalue weighted by Crippen LogP contribution is 2.48. The maximum Gasteiger partial charge on any atom is 0.304 e. The fraction of sp³-hybridized carbons (Fsp3) is 0.225. The van der Waals surface area contributed by atoms with Gasteiger partial charge in [-0.15, -0.1) is 45.2 Å². The quantitative estimate of drug-likeness (QED) is 0.00634. The number of aryl methyl sites for hydroxylation is 1. The predicted octanol–water partition coefficient (Wildman–Crippen LogP) is 8.66. The Morgan fingerprint density at radius 1 is 0.853 bits per heavy atom. The molecule has 7 rings (SSSR count). The van der Waals surface area contributed by atoms with Crippen LogP contribution in [0.1, 0.15) is 40.7 Å². The van der Waals surface area contributed by atoms with Crippen molar-refractivity contribution in [3.63, 3.8) is 0 Å². The monoisotopic (exact) mass is 1150 g/mol. The molecule has 0 unspecified atom stereocenters. The molecule has 75 heavy (non-hydrogen) atoms. The van der Waals surface area contributed by atoms with Crippen LogP contribution in [-0.2, 0) is 44.5 Å². The topological polar surface area (TPSA) is 449 Å². The molecule has 0 aliphatic rings. The van der Waals surface area contributed by atoms with Crippen LogP contribution < -0.4 is 10.5 Å². The van der Waals surface area contributed by atoms with Gasteiger partial charge in [-0.1, -0.05) is 40.3 Å². The van der Waals surface area contributed by atoms with E-state index in [0.717, 1.165) is 23.5 Å². The molecule has 35 heteroatoms. The van der Waals surface area contributed by atoms with Crippen molar-refractivity contribution in [1.82, 2.24) is 19.6 Å². The predicted molar refractivity (Wildman–Crippen MR) is 269 cm³/mol. The van der Waals surface area contributed by atoms with Gasteiger partial charge in [0.2, 0.25) is 5.88 Å². The van der Waals surface area contributed by atoms with Crippen LogP contribution in [0.5, 0.6) is 17.4 Å². The first-order valence-corrected chi connectivity index (χ1v) is 28.1. The summed E-state index contributed by atoms with van der Waals surface area (Å²) in [5.41, 5.74) is 5.90. The van der Waals surface area contributed by atoms with Gasteiger partial charge < -0.3 is 25.8 Å². The normalized spacial score (nSPS) is 12.4. The summed E-state index contributed by atoms with van der Waals surface area (Å²) in [6.45, 7) is 2.96. The van der Waals surface area contributed by atoms with Crippen LogP contribution in [-0.4, -0.2) is 115 Å². The lowest BCUT2D eigenvalue weighted by atomic mass is 10.1. The Hall–Kier alpha value is -6.90. The minimum Gasteiger partial charge on any atom is -0.505 e. The van der Waals surface area contributed by atoms with E-state index in [9.17, 15) is 49.6 Å². The first-order valence-electron chi connectivity index (χ1n) is 20.7. The van der Waals surface area contributed by atoms with Crippen molar-refractivity contribution in [2.24, 2.45) is 36.4 Å². The lowest BCUT2D eigenvalue weighted by Gasteiger charge is -2.13.